The number of hydrogen-bond donors (Lipinski definition) is 2. The third kappa shape index (κ3) is 2.99. The summed E-state index contributed by atoms with van der Waals surface area (Å²) in [7, 11) is 0. The van der Waals surface area contributed by atoms with Crippen molar-refractivity contribution in [1.82, 2.24) is 0 Å². The monoisotopic (exact) mass is 144 g/mol. The molecule has 0 rings (SSSR count). The number of rotatable bonds is 4. The Kier molecular flexibility index (Phi) is 4.32. The second-order valence-electron chi connectivity index (χ2n) is 2.83. The maximum absolute atomic E-state index is 9.23. The van der Waals surface area contributed by atoms with Crippen molar-refractivity contribution in [2.45, 2.75) is 32.5 Å². The molecule has 2 atom stereocenters. The summed E-state index contributed by atoms with van der Waals surface area (Å²) in [6, 6.07) is 0. The van der Waals surface area contributed by atoms with Crippen LogP contribution in [0.1, 0.15) is 20.3 Å². The van der Waals surface area contributed by atoms with Crippen LogP contribution in [0.4, 0.5) is 0 Å². The van der Waals surface area contributed by atoms with Crippen LogP contribution in [0.2, 0.25) is 0 Å². The van der Waals surface area contributed by atoms with Crippen molar-refractivity contribution >= 4 is 0 Å². The van der Waals surface area contributed by atoms with Gasteiger partial charge >= 0.3 is 0 Å². The van der Waals surface area contributed by atoms with Gasteiger partial charge in [-0.1, -0.05) is 19.9 Å². The lowest BCUT2D eigenvalue weighted by atomic mass is 10.00. The van der Waals surface area contributed by atoms with Crippen molar-refractivity contribution in [3.8, 4) is 0 Å². The summed E-state index contributed by atoms with van der Waals surface area (Å²) in [5.41, 5.74) is 0. The van der Waals surface area contributed by atoms with Crippen LogP contribution in [0, 0.1) is 5.92 Å². The molecule has 0 fully saturated rings. The minimum atomic E-state index is -0.655. The summed E-state index contributed by atoms with van der Waals surface area (Å²) in [6.07, 6.45) is 0.783. The van der Waals surface area contributed by atoms with Gasteiger partial charge in [-0.05, 0) is 12.3 Å². The average molecular weight is 144 g/mol. The van der Waals surface area contributed by atoms with Gasteiger partial charge in [0.1, 0.15) is 0 Å². The molecule has 0 aliphatic heterocycles. The Morgan fingerprint density at radius 2 is 1.90 bits per heavy atom. The Bertz CT molecular complexity index is 99.4. The highest BCUT2D eigenvalue weighted by Gasteiger charge is 2.17. The van der Waals surface area contributed by atoms with Crippen LogP contribution < -0.4 is 0 Å². The molecular formula is C8H16O2. The number of aliphatic hydroxyl groups excluding tert-OH is 2. The standard InChI is InChI=1S/C8H16O2/c1-4-5-7(9)8(10)6(2)3/h4,6-10H,1,5H2,2-3H3/t7-,8-/m1/s1. The van der Waals surface area contributed by atoms with E-state index < -0.39 is 12.2 Å². The van der Waals surface area contributed by atoms with Gasteiger partial charge < -0.3 is 10.2 Å². The average Bonchev–Trinajstić information content (AvgIpc) is 1.87. The first kappa shape index (κ1) is 9.66. The van der Waals surface area contributed by atoms with Gasteiger partial charge in [-0.25, -0.2) is 0 Å². The van der Waals surface area contributed by atoms with E-state index in [4.69, 9.17) is 5.11 Å². The molecule has 0 unspecified atom stereocenters. The van der Waals surface area contributed by atoms with Crippen molar-refractivity contribution < 1.29 is 10.2 Å². The van der Waals surface area contributed by atoms with Crippen LogP contribution in [0.15, 0.2) is 12.7 Å². The summed E-state index contributed by atoms with van der Waals surface area (Å²) in [6.45, 7) is 7.22. The van der Waals surface area contributed by atoms with Crippen molar-refractivity contribution in [3.05, 3.63) is 12.7 Å². The molecular weight excluding hydrogens is 128 g/mol. The van der Waals surface area contributed by atoms with Gasteiger partial charge in [0.25, 0.3) is 0 Å². The first-order valence-electron chi connectivity index (χ1n) is 3.56. The fourth-order valence-corrected chi connectivity index (χ4v) is 0.754. The molecule has 0 aliphatic rings. The summed E-state index contributed by atoms with van der Waals surface area (Å²) in [4.78, 5) is 0. The highest BCUT2D eigenvalue weighted by atomic mass is 16.3. The van der Waals surface area contributed by atoms with Gasteiger partial charge in [0.2, 0.25) is 0 Å². The number of aliphatic hydroxyl groups is 2. The third-order valence-electron chi connectivity index (χ3n) is 1.49. The molecule has 0 aromatic rings. The molecule has 0 radical (unpaired) electrons. The summed E-state index contributed by atoms with van der Waals surface area (Å²) >= 11 is 0. The van der Waals surface area contributed by atoms with E-state index in [1.807, 2.05) is 13.8 Å². The molecule has 0 saturated heterocycles. The van der Waals surface area contributed by atoms with Crippen LogP contribution in [0.25, 0.3) is 0 Å². The minimum absolute atomic E-state index is 0.106. The van der Waals surface area contributed by atoms with Gasteiger partial charge in [-0.15, -0.1) is 6.58 Å². The Balaban J connectivity index is 3.68. The van der Waals surface area contributed by atoms with E-state index in [-0.39, 0.29) is 5.92 Å². The Morgan fingerprint density at radius 1 is 1.40 bits per heavy atom. The smallest absolute Gasteiger partial charge is 0.0835 e. The highest BCUT2D eigenvalue weighted by molar-refractivity contribution is 4.78. The second-order valence-corrected chi connectivity index (χ2v) is 2.83. The molecule has 2 heteroatoms. The van der Waals surface area contributed by atoms with Crippen LogP contribution in [-0.2, 0) is 0 Å². The van der Waals surface area contributed by atoms with Crippen LogP contribution in [0.3, 0.4) is 0 Å². The van der Waals surface area contributed by atoms with Gasteiger partial charge in [0.05, 0.1) is 12.2 Å². The van der Waals surface area contributed by atoms with Gasteiger partial charge in [0.15, 0.2) is 0 Å². The van der Waals surface area contributed by atoms with E-state index in [1.54, 1.807) is 6.08 Å². The fourth-order valence-electron chi connectivity index (χ4n) is 0.754. The zero-order chi connectivity index (χ0) is 8.15. The second kappa shape index (κ2) is 4.47. The van der Waals surface area contributed by atoms with E-state index in [2.05, 4.69) is 6.58 Å². The Labute approximate surface area is 62.2 Å². The predicted octanol–water partition coefficient (Wildman–Crippen LogP) is 0.940. The molecule has 0 aliphatic carbocycles. The SMILES string of the molecule is C=CC[C@@H](O)[C@H](O)C(C)C. The molecule has 0 bridgehead atoms. The van der Waals surface area contributed by atoms with E-state index in [0.29, 0.717) is 6.42 Å². The zero-order valence-electron chi connectivity index (χ0n) is 6.62. The lowest BCUT2D eigenvalue weighted by Crippen LogP contribution is -2.30. The van der Waals surface area contributed by atoms with Crippen molar-refractivity contribution in [1.29, 1.82) is 0 Å². The molecule has 0 amide bonds. The lowest BCUT2D eigenvalue weighted by molar-refractivity contribution is -0.00586. The topological polar surface area (TPSA) is 40.5 Å². The Hall–Kier alpha value is -0.340. The predicted molar refractivity (Wildman–Crippen MR) is 41.7 cm³/mol. The molecule has 0 aromatic heterocycles. The fraction of sp³-hybridized carbons (Fsp3) is 0.750. The zero-order valence-corrected chi connectivity index (χ0v) is 6.62. The van der Waals surface area contributed by atoms with Gasteiger partial charge in [-0.3, -0.25) is 0 Å². The van der Waals surface area contributed by atoms with E-state index in [1.165, 1.54) is 0 Å². The summed E-state index contributed by atoms with van der Waals surface area (Å²) < 4.78 is 0. The normalized spacial score (nSPS) is 16.9. The van der Waals surface area contributed by atoms with Crippen LogP contribution in [-0.4, -0.2) is 22.4 Å². The van der Waals surface area contributed by atoms with Crippen LogP contribution in [0.5, 0.6) is 0 Å². The Morgan fingerprint density at radius 3 is 2.20 bits per heavy atom. The first-order valence-corrected chi connectivity index (χ1v) is 3.56. The van der Waals surface area contributed by atoms with E-state index in [0.717, 1.165) is 0 Å². The van der Waals surface area contributed by atoms with Gasteiger partial charge in [-0.2, -0.15) is 0 Å². The number of hydrogen-bond acceptors (Lipinski definition) is 2. The lowest BCUT2D eigenvalue weighted by Gasteiger charge is -2.19. The van der Waals surface area contributed by atoms with E-state index >= 15 is 0 Å². The molecule has 0 heterocycles. The maximum atomic E-state index is 9.23. The summed E-state index contributed by atoms with van der Waals surface area (Å²) in [5, 5.41) is 18.4. The minimum Gasteiger partial charge on any atom is -0.390 e. The van der Waals surface area contributed by atoms with Crippen molar-refractivity contribution in [3.63, 3.8) is 0 Å². The maximum Gasteiger partial charge on any atom is 0.0835 e. The summed E-state index contributed by atoms with van der Waals surface area (Å²) in [5.74, 6) is 0.106. The van der Waals surface area contributed by atoms with Crippen molar-refractivity contribution in [2.75, 3.05) is 0 Å². The van der Waals surface area contributed by atoms with Gasteiger partial charge in [0, 0.05) is 0 Å². The molecule has 0 spiro atoms. The molecule has 10 heavy (non-hydrogen) atoms. The molecule has 0 aromatic carbocycles. The largest absolute Gasteiger partial charge is 0.390 e. The quantitative estimate of drug-likeness (QED) is 0.576. The van der Waals surface area contributed by atoms with Crippen LogP contribution >= 0.6 is 0 Å². The highest BCUT2D eigenvalue weighted by Crippen LogP contribution is 2.08. The molecule has 0 saturated carbocycles. The van der Waals surface area contributed by atoms with Crippen molar-refractivity contribution in [2.24, 2.45) is 5.92 Å². The van der Waals surface area contributed by atoms with E-state index in [9.17, 15) is 5.11 Å². The first-order chi connectivity index (χ1) is 4.59. The molecule has 2 nitrogen and oxygen atoms in total. The molecule has 60 valence electrons. The molecule has 2 N–H and O–H groups in total. The third-order valence-corrected chi connectivity index (χ3v) is 1.49.